The lowest BCUT2D eigenvalue weighted by atomic mass is 10.1. The standard InChI is InChI=1S/C19H22N2O/c1-15(2)14-21(3)19(13-20)16-8-7-11-18(12-16)22-17-9-5-4-6-10-17/h4-12,15,19H,14H2,1-3H3. The van der Waals surface area contributed by atoms with Gasteiger partial charge in [0.2, 0.25) is 0 Å². The molecule has 0 bridgehead atoms. The summed E-state index contributed by atoms with van der Waals surface area (Å²) in [6.07, 6.45) is 0. The van der Waals surface area contributed by atoms with Crippen LogP contribution in [0.2, 0.25) is 0 Å². The van der Waals surface area contributed by atoms with Crippen LogP contribution in [-0.4, -0.2) is 18.5 Å². The molecule has 114 valence electrons. The van der Waals surface area contributed by atoms with Gasteiger partial charge in [0.25, 0.3) is 0 Å². The van der Waals surface area contributed by atoms with Crippen LogP contribution in [0.3, 0.4) is 0 Å². The lowest BCUT2D eigenvalue weighted by Crippen LogP contribution is -2.27. The van der Waals surface area contributed by atoms with Gasteiger partial charge in [0.1, 0.15) is 17.5 Å². The number of ether oxygens (including phenoxy) is 1. The Labute approximate surface area is 132 Å². The maximum atomic E-state index is 9.51. The highest BCUT2D eigenvalue weighted by Crippen LogP contribution is 2.26. The number of nitriles is 1. The third-order valence-electron chi connectivity index (χ3n) is 3.37. The molecule has 1 unspecified atom stereocenters. The van der Waals surface area contributed by atoms with Crippen LogP contribution in [0.5, 0.6) is 11.5 Å². The first-order chi connectivity index (χ1) is 10.6. The third kappa shape index (κ3) is 4.34. The summed E-state index contributed by atoms with van der Waals surface area (Å²) in [6.45, 7) is 5.18. The quantitative estimate of drug-likeness (QED) is 0.779. The van der Waals surface area contributed by atoms with Crippen molar-refractivity contribution < 1.29 is 4.74 Å². The number of nitrogens with zero attached hydrogens (tertiary/aromatic N) is 2. The zero-order valence-electron chi connectivity index (χ0n) is 13.4. The SMILES string of the molecule is CC(C)CN(C)C(C#N)c1cccc(Oc2ccccc2)c1. The van der Waals surface area contributed by atoms with Crippen LogP contribution in [0.15, 0.2) is 54.6 Å². The molecule has 0 saturated carbocycles. The molecule has 0 heterocycles. The highest BCUT2D eigenvalue weighted by atomic mass is 16.5. The minimum atomic E-state index is -0.262. The highest BCUT2D eigenvalue weighted by Gasteiger charge is 2.17. The first-order valence-corrected chi connectivity index (χ1v) is 7.53. The van der Waals surface area contributed by atoms with Crippen LogP contribution in [0.4, 0.5) is 0 Å². The fraction of sp³-hybridized carbons (Fsp3) is 0.316. The molecule has 22 heavy (non-hydrogen) atoms. The van der Waals surface area contributed by atoms with Crippen molar-refractivity contribution in [3.05, 3.63) is 60.2 Å². The van der Waals surface area contributed by atoms with Crippen LogP contribution in [0.1, 0.15) is 25.5 Å². The molecule has 3 heteroatoms. The molecule has 0 radical (unpaired) electrons. The Morgan fingerprint density at radius 1 is 1.05 bits per heavy atom. The van der Waals surface area contributed by atoms with E-state index in [0.29, 0.717) is 5.92 Å². The largest absolute Gasteiger partial charge is 0.457 e. The molecular formula is C19H22N2O. The van der Waals surface area contributed by atoms with Gasteiger partial charge < -0.3 is 4.74 Å². The predicted octanol–water partition coefficient (Wildman–Crippen LogP) is 4.63. The topological polar surface area (TPSA) is 36.3 Å². The number of benzene rings is 2. The maximum absolute atomic E-state index is 9.51. The van der Waals surface area contributed by atoms with E-state index in [1.54, 1.807) is 0 Å². The number of hydrogen-bond acceptors (Lipinski definition) is 3. The van der Waals surface area contributed by atoms with Gasteiger partial charge >= 0.3 is 0 Å². The Morgan fingerprint density at radius 3 is 2.36 bits per heavy atom. The van der Waals surface area contributed by atoms with Crippen molar-refractivity contribution in [2.75, 3.05) is 13.6 Å². The summed E-state index contributed by atoms with van der Waals surface area (Å²) in [6, 6.07) is 19.5. The van der Waals surface area contributed by atoms with E-state index in [1.807, 2.05) is 61.6 Å². The Kier molecular flexibility index (Phi) is 5.57. The second-order valence-corrected chi connectivity index (χ2v) is 5.85. The minimum absolute atomic E-state index is 0.262. The van der Waals surface area contributed by atoms with Crippen molar-refractivity contribution in [2.24, 2.45) is 5.92 Å². The molecule has 0 aromatic heterocycles. The smallest absolute Gasteiger partial charge is 0.127 e. The summed E-state index contributed by atoms with van der Waals surface area (Å²) in [5.74, 6) is 2.06. The Balaban J connectivity index is 2.18. The van der Waals surface area contributed by atoms with E-state index in [9.17, 15) is 5.26 Å². The molecule has 3 nitrogen and oxygen atoms in total. The van der Waals surface area contributed by atoms with Gasteiger partial charge in [-0.05, 0) is 42.8 Å². The molecule has 0 saturated heterocycles. The molecule has 2 aromatic carbocycles. The van der Waals surface area contributed by atoms with E-state index >= 15 is 0 Å². The molecule has 0 amide bonds. The maximum Gasteiger partial charge on any atom is 0.127 e. The number of para-hydroxylation sites is 1. The molecule has 0 fully saturated rings. The summed E-state index contributed by atoms with van der Waals surface area (Å²) >= 11 is 0. The van der Waals surface area contributed by atoms with Gasteiger partial charge in [-0.3, -0.25) is 4.90 Å². The van der Waals surface area contributed by atoms with Crippen LogP contribution < -0.4 is 4.74 Å². The van der Waals surface area contributed by atoms with Crippen LogP contribution in [0.25, 0.3) is 0 Å². The fourth-order valence-corrected chi connectivity index (χ4v) is 2.48. The minimum Gasteiger partial charge on any atom is -0.457 e. The van der Waals surface area contributed by atoms with Crippen molar-refractivity contribution in [2.45, 2.75) is 19.9 Å². The van der Waals surface area contributed by atoms with Gasteiger partial charge in [0.05, 0.1) is 6.07 Å². The summed E-state index contributed by atoms with van der Waals surface area (Å²) in [5, 5.41) is 9.51. The molecule has 0 aliphatic rings. The first-order valence-electron chi connectivity index (χ1n) is 7.53. The van der Waals surface area contributed by atoms with E-state index in [-0.39, 0.29) is 6.04 Å². The predicted molar refractivity (Wildman–Crippen MR) is 88.8 cm³/mol. The number of rotatable bonds is 6. The first kappa shape index (κ1) is 16.1. The van der Waals surface area contributed by atoms with Gasteiger partial charge in [-0.2, -0.15) is 5.26 Å². The Bertz CT molecular complexity index is 631. The van der Waals surface area contributed by atoms with Crippen LogP contribution in [0, 0.1) is 17.2 Å². The van der Waals surface area contributed by atoms with E-state index in [1.165, 1.54) is 0 Å². The molecule has 1 atom stereocenters. The van der Waals surface area contributed by atoms with Crippen molar-refractivity contribution in [3.8, 4) is 17.6 Å². The van der Waals surface area contributed by atoms with Gasteiger partial charge in [-0.15, -0.1) is 0 Å². The second-order valence-electron chi connectivity index (χ2n) is 5.85. The summed E-state index contributed by atoms with van der Waals surface area (Å²) in [7, 11) is 1.98. The molecule has 0 aliphatic heterocycles. The van der Waals surface area contributed by atoms with Crippen LogP contribution in [-0.2, 0) is 0 Å². The highest BCUT2D eigenvalue weighted by molar-refractivity contribution is 5.36. The fourth-order valence-electron chi connectivity index (χ4n) is 2.48. The Hall–Kier alpha value is -2.31. The Morgan fingerprint density at radius 2 is 1.73 bits per heavy atom. The van der Waals surface area contributed by atoms with Crippen molar-refractivity contribution >= 4 is 0 Å². The van der Waals surface area contributed by atoms with Crippen molar-refractivity contribution in [1.82, 2.24) is 4.90 Å². The lowest BCUT2D eigenvalue weighted by molar-refractivity contribution is 0.258. The average Bonchev–Trinajstić information content (AvgIpc) is 2.48. The van der Waals surface area contributed by atoms with Gasteiger partial charge in [0, 0.05) is 6.54 Å². The third-order valence-corrected chi connectivity index (χ3v) is 3.37. The van der Waals surface area contributed by atoms with Crippen molar-refractivity contribution in [1.29, 1.82) is 5.26 Å². The summed E-state index contributed by atoms with van der Waals surface area (Å²) in [4.78, 5) is 2.08. The molecule has 0 spiro atoms. The second kappa shape index (κ2) is 7.63. The summed E-state index contributed by atoms with van der Waals surface area (Å²) in [5.41, 5.74) is 0.957. The van der Waals surface area contributed by atoms with Crippen molar-refractivity contribution in [3.63, 3.8) is 0 Å². The molecule has 2 rings (SSSR count). The molecule has 2 aromatic rings. The van der Waals surface area contributed by atoms with E-state index in [2.05, 4.69) is 24.8 Å². The van der Waals surface area contributed by atoms with Gasteiger partial charge in [-0.25, -0.2) is 0 Å². The molecule has 0 N–H and O–H groups in total. The van der Waals surface area contributed by atoms with E-state index < -0.39 is 0 Å². The molecular weight excluding hydrogens is 272 g/mol. The van der Waals surface area contributed by atoms with Gasteiger partial charge in [0.15, 0.2) is 0 Å². The summed E-state index contributed by atoms with van der Waals surface area (Å²) < 4.78 is 5.85. The zero-order chi connectivity index (χ0) is 15.9. The normalized spacial score (nSPS) is 12.2. The van der Waals surface area contributed by atoms with Crippen LogP contribution >= 0.6 is 0 Å². The van der Waals surface area contributed by atoms with Gasteiger partial charge in [-0.1, -0.05) is 44.2 Å². The zero-order valence-corrected chi connectivity index (χ0v) is 13.4. The monoisotopic (exact) mass is 294 g/mol. The van der Waals surface area contributed by atoms with E-state index in [4.69, 9.17) is 4.74 Å². The number of hydrogen-bond donors (Lipinski definition) is 0. The molecule has 0 aliphatic carbocycles. The van der Waals surface area contributed by atoms with E-state index in [0.717, 1.165) is 23.6 Å². The lowest BCUT2D eigenvalue weighted by Gasteiger charge is -2.24. The average molecular weight is 294 g/mol.